The molecule has 0 aliphatic heterocycles. The monoisotopic (exact) mass is 287 g/mol. The van der Waals surface area contributed by atoms with Gasteiger partial charge in [0.25, 0.3) is 0 Å². The molecule has 1 unspecified atom stereocenters. The van der Waals surface area contributed by atoms with Crippen LogP contribution in [-0.2, 0) is 10.1 Å². The molecule has 0 saturated carbocycles. The van der Waals surface area contributed by atoms with Crippen LogP contribution >= 0.6 is 15.9 Å². The lowest BCUT2D eigenvalue weighted by molar-refractivity contribution is 0.134. The van der Waals surface area contributed by atoms with E-state index in [1.54, 1.807) is 7.11 Å². The predicted octanol–water partition coefficient (Wildman–Crippen LogP) is 3.09. The predicted molar refractivity (Wildman–Crippen MR) is 68.2 cm³/mol. The molecule has 0 saturated heterocycles. The quantitative estimate of drug-likeness (QED) is 0.754. The van der Waals surface area contributed by atoms with Crippen molar-refractivity contribution in [3.8, 4) is 5.75 Å². The number of aryl methyl sites for hydroxylation is 1. The molecule has 0 aliphatic carbocycles. The maximum Gasteiger partial charge on any atom is 0.142 e. The largest absolute Gasteiger partial charge is 0.489 e. The second-order valence-corrected chi connectivity index (χ2v) is 4.30. The van der Waals surface area contributed by atoms with Crippen LogP contribution in [-0.4, -0.2) is 24.8 Å². The van der Waals surface area contributed by atoms with Gasteiger partial charge in [0.1, 0.15) is 5.75 Å². The molecule has 16 heavy (non-hydrogen) atoms. The molecule has 1 atom stereocenters. The average Bonchev–Trinajstić information content (AvgIpc) is 2.28. The Balaban J connectivity index is 2.65. The van der Waals surface area contributed by atoms with E-state index >= 15 is 0 Å². The van der Waals surface area contributed by atoms with Gasteiger partial charge in [-0.05, 0) is 26.0 Å². The maximum absolute atomic E-state index is 5.82. The number of hydrogen-bond acceptors (Lipinski definition) is 3. The minimum Gasteiger partial charge on any atom is -0.489 e. The van der Waals surface area contributed by atoms with Crippen LogP contribution in [0.1, 0.15) is 24.7 Å². The van der Waals surface area contributed by atoms with E-state index in [0.29, 0.717) is 11.9 Å². The van der Waals surface area contributed by atoms with Gasteiger partial charge in [0.15, 0.2) is 0 Å². The van der Waals surface area contributed by atoms with Gasteiger partial charge in [0.05, 0.1) is 11.8 Å². The SMILES string of the molecule is COCCC(C)Oc1ccc(C)nc1CBr. The molecule has 0 amide bonds. The molecule has 4 heteroatoms. The average molecular weight is 288 g/mol. The number of pyridine rings is 1. The number of rotatable bonds is 6. The summed E-state index contributed by atoms with van der Waals surface area (Å²) in [5.41, 5.74) is 1.95. The van der Waals surface area contributed by atoms with Crippen LogP contribution in [0.5, 0.6) is 5.75 Å². The summed E-state index contributed by atoms with van der Waals surface area (Å²) in [5.74, 6) is 0.853. The minimum atomic E-state index is 0.141. The Hall–Kier alpha value is -0.610. The topological polar surface area (TPSA) is 31.4 Å². The van der Waals surface area contributed by atoms with Crippen molar-refractivity contribution in [2.75, 3.05) is 13.7 Å². The van der Waals surface area contributed by atoms with E-state index in [2.05, 4.69) is 20.9 Å². The van der Waals surface area contributed by atoms with Gasteiger partial charge in [0, 0.05) is 31.2 Å². The van der Waals surface area contributed by atoms with Crippen molar-refractivity contribution < 1.29 is 9.47 Å². The van der Waals surface area contributed by atoms with Crippen LogP contribution in [0.25, 0.3) is 0 Å². The van der Waals surface area contributed by atoms with Gasteiger partial charge in [0.2, 0.25) is 0 Å². The number of halogens is 1. The van der Waals surface area contributed by atoms with Crippen LogP contribution in [0.2, 0.25) is 0 Å². The maximum atomic E-state index is 5.82. The third-order valence-electron chi connectivity index (χ3n) is 2.25. The first-order valence-electron chi connectivity index (χ1n) is 5.35. The Bertz CT molecular complexity index is 331. The van der Waals surface area contributed by atoms with Crippen molar-refractivity contribution in [1.29, 1.82) is 0 Å². The van der Waals surface area contributed by atoms with Crippen LogP contribution in [0.3, 0.4) is 0 Å². The molecule has 0 aromatic carbocycles. The summed E-state index contributed by atoms with van der Waals surface area (Å²) in [6.45, 7) is 4.73. The summed E-state index contributed by atoms with van der Waals surface area (Å²) in [6, 6.07) is 3.94. The number of nitrogens with zero attached hydrogens (tertiary/aromatic N) is 1. The third-order valence-corrected chi connectivity index (χ3v) is 2.79. The van der Waals surface area contributed by atoms with Gasteiger partial charge in [-0.1, -0.05) is 15.9 Å². The third kappa shape index (κ3) is 4.10. The van der Waals surface area contributed by atoms with Crippen molar-refractivity contribution in [1.82, 2.24) is 4.98 Å². The van der Waals surface area contributed by atoms with E-state index in [1.807, 2.05) is 26.0 Å². The van der Waals surface area contributed by atoms with Crippen LogP contribution in [0, 0.1) is 6.92 Å². The molecule has 1 heterocycles. The lowest BCUT2D eigenvalue weighted by atomic mass is 10.2. The van der Waals surface area contributed by atoms with Crippen molar-refractivity contribution in [2.24, 2.45) is 0 Å². The first-order valence-corrected chi connectivity index (χ1v) is 6.47. The summed E-state index contributed by atoms with van der Waals surface area (Å²) in [6.07, 6.45) is 1.02. The summed E-state index contributed by atoms with van der Waals surface area (Å²) < 4.78 is 10.8. The fraction of sp³-hybridized carbons (Fsp3) is 0.583. The summed E-state index contributed by atoms with van der Waals surface area (Å²) >= 11 is 3.42. The normalized spacial score (nSPS) is 12.5. The van der Waals surface area contributed by atoms with Crippen molar-refractivity contribution in [2.45, 2.75) is 31.7 Å². The number of alkyl halides is 1. The van der Waals surface area contributed by atoms with Crippen LogP contribution in [0.4, 0.5) is 0 Å². The highest BCUT2D eigenvalue weighted by atomic mass is 79.9. The Morgan fingerprint density at radius 3 is 2.81 bits per heavy atom. The molecule has 3 nitrogen and oxygen atoms in total. The highest BCUT2D eigenvalue weighted by molar-refractivity contribution is 9.08. The minimum absolute atomic E-state index is 0.141. The fourth-order valence-corrected chi connectivity index (χ4v) is 1.76. The van der Waals surface area contributed by atoms with E-state index in [1.165, 1.54) is 0 Å². The van der Waals surface area contributed by atoms with Gasteiger partial charge in [-0.3, -0.25) is 4.98 Å². The highest BCUT2D eigenvalue weighted by Crippen LogP contribution is 2.21. The molecule has 90 valence electrons. The number of hydrogen-bond donors (Lipinski definition) is 0. The van der Waals surface area contributed by atoms with E-state index in [9.17, 15) is 0 Å². The van der Waals surface area contributed by atoms with Gasteiger partial charge in [-0.2, -0.15) is 0 Å². The Kier molecular flexibility index (Phi) is 5.77. The molecule has 0 radical (unpaired) electrons. The van der Waals surface area contributed by atoms with Crippen LogP contribution in [0.15, 0.2) is 12.1 Å². The van der Waals surface area contributed by atoms with E-state index in [0.717, 1.165) is 23.6 Å². The smallest absolute Gasteiger partial charge is 0.142 e. The van der Waals surface area contributed by atoms with E-state index in [4.69, 9.17) is 9.47 Å². The molecular formula is C12H18BrNO2. The molecule has 0 spiro atoms. The van der Waals surface area contributed by atoms with E-state index < -0.39 is 0 Å². The van der Waals surface area contributed by atoms with Crippen LogP contribution < -0.4 is 4.74 Å². The van der Waals surface area contributed by atoms with Gasteiger partial charge < -0.3 is 9.47 Å². The lowest BCUT2D eigenvalue weighted by Crippen LogP contribution is -2.15. The number of aromatic nitrogens is 1. The van der Waals surface area contributed by atoms with Crippen molar-refractivity contribution >= 4 is 15.9 Å². The summed E-state index contributed by atoms with van der Waals surface area (Å²) in [7, 11) is 1.70. The molecule has 1 aromatic rings. The molecule has 0 aliphatic rings. The van der Waals surface area contributed by atoms with Gasteiger partial charge in [-0.15, -0.1) is 0 Å². The molecule has 0 N–H and O–H groups in total. The van der Waals surface area contributed by atoms with Crippen molar-refractivity contribution in [3.63, 3.8) is 0 Å². The lowest BCUT2D eigenvalue weighted by Gasteiger charge is -2.16. The molecule has 0 fully saturated rings. The summed E-state index contributed by atoms with van der Waals surface area (Å²) in [5, 5.41) is 0.709. The van der Waals surface area contributed by atoms with E-state index in [-0.39, 0.29) is 6.10 Å². The standard InChI is InChI=1S/C12H18BrNO2/c1-9-4-5-12(11(8-13)14-9)16-10(2)6-7-15-3/h4-5,10H,6-8H2,1-3H3. The summed E-state index contributed by atoms with van der Waals surface area (Å²) in [4.78, 5) is 4.42. The fourth-order valence-electron chi connectivity index (χ4n) is 1.36. The Labute approximate surface area is 105 Å². The van der Waals surface area contributed by atoms with Gasteiger partial charge in [-0.25, -0.2) is 0 Å². The second-order valence-electron chi connectivity index (χ2n) is 3.74. The zero-order chi connectivity index (χ0) is 12.0. The molecule has 1 aromatic heterocycles. The number of ether oxygens (including phenoxy) is 2. The first kappa shape index (κ1) is 13.5. The molecular weight excluding hydrogens is 270 g/mol. The van der Waals surface area contributed by atoms with Crippen molar-refractivity contribution in [3.05, 3.63) is 23.5 Å². The zero-order valence-corrected chi connectivity index (χ0v) is 11.6. The Morgan fingerprint density at radius 2 is 2.19 bits per heavy atom. The molecule has 1 rings (SSSR count). The molecule has 0 bridgehead atoms. The highest BCUT2D eigenvalue weighted by Gasteiger charge is 2.09. The number of methoxy groups -OCH3 is 1. The Morgan fingerprint density at radius 1 is 1.44 bits per heavy atom. The van der Waals surface area contributed by atoms with Gasteiger partial charge >= 0.3 is 0 Å². The second kappa shape index (κ2) is 6.86. The first-order chi connectivity index (χ1) is 7.67. The zero-order valence-electron chi connectivity index (χ0n) is 10.00.